The number of methoxy groups -OCH3 is 2. The van der Waals surface area contributed by atoms with Crippen LogP contribution in [-0.4, -0.2) is 45.7 Å². The molecular formula is C23H24N4O3. The van der Waals surface area contributed by atoms with E-state index in [9.17, 15) is 0 Å². The molecular weight excluding hydrogens is 380 g/mol. The van der Waals surface area contributed by atoms with Gasteiger partial charge in [0.15, 0.2) is 0 Å². The second-order valence-corrected chi connectivity index (χ2v) is 7.05. The molecule has 0 aliphatic rings. The standard InChI is InChI=1S/C23H24N4O3/c1-29-19-9-17(10-20(12-19)30-2)8-16-4-5-21-22(11-16)26-23(14-24-21)18-13-25-27(15-18)6-3-7-28/h4-5,9-15,28H,3,6-8H2,1-2H3. The van der Waals surface area contributed by atoms with Gasteiger partial charge in [0.05, 0.1) is 43.3 Å². The molecule has 0 amide bonds. The summed E-state index contributed by atoms with van der Waals surface area (Å²) in [7, 11) is 3.30. The minimum atomic E-state index is 0.146. The zero-order chi connectivity index (χ0) is 20.9. The van der Waals surface area contributed by atoms with E-state index in [1.807, 2.05) is 35.1 Å². The van der Waals surface area contributed by atoms with Gasteiger partial charge < -0.3 is 14.6 Å². The van der Waals surface area contributed by atoms with Gasteiger partial charge in [-0.15, -0.1) is 0 Å². The average Bonchev–Trinajstić information content (AvgIpc) is 3.26. The van der Waals surface area contributed by atoms with Crippen LogP contribution in [-0.2, 0) is 13.0 Å². The lowest BCUT2D eigenvalue weighted by Gasteiger charge is -2.09. The van der Waals surface area contributed by atoms with Gasteiger partial charge >= 0.3 is 0 Å². The number of aromatic nitrogens is 4. The molecule has 4 aromatic rings. The molecule has 7 heteroatoms. The second kappa shape index (κ2) is 8.92. The Bertz CT molecular complexity index is 1130. The largest absolute Gasteiger partial charge is 0.497 e. The van der Waals surface area contributed by atoms with Gasteiger partial charge in [-0.2, -0.15) is 5.10 Å². The summed E-state index contributed by atoms with van der Waals surface area (Å²) in [5, 5.41) is 13.3. The van der Waals surface area contributed by atoms with Crippen molar-refractivity contribution < 1.29 is 14.6 Å². The summed E-state index contributed by atoms with van der Waals surface area (Å²) in [6.45, 7) is 0.818. The number of fused-ring (bicyclic) bond motifs is 1. The molecule has 0 saturated heterocycles. The summed E-state index contributed by atoms with van der Waals surface area (Å²) in [6, 6.07) is 12.0. The van der Waals surface area contributed by atoms with E-state index in [2.05, 4.69) is 22.2 Å². The highest BCUT2D eigenvalue weighted by Crippen LogP contribution is 2.25. The SMILES string of the molecule is COc1cc(Cc2ccc3ncc(-c4cnn(CCCO)c4)nc3c2)cc(OC)c1. The highest BCUT2D eigenvalue weighted by Gasteiger charge is 2.08. The Morgan fingerprint density at radius 1 is 0.933 bits per heavy atom. The van der Waals surface area contributed by atoms with Crippen LogP contribution in [0.1, 0.15) is 17.5 Å². The predicted octanol–water partition coefficient (Wildman–Crippen LogP) is 3.48. The summed E-state index contributed by atoms with van der Waals surface area (Å²) in [4.78, 5) is 9.35. The minimum absolute atomic E-state index is 0.146. The van der Waals surface area contributed by atoms with Crippen LogP contribution >= 0.6 is 0 Å². The molecule has 7 nitrogen and oxygen atoms in total. The quantitative estimate of drug-likeness (QED) is 0.484. The number of benzene rings is 2. The van der Waals surface area contributed by atoms with E-state index in [1.54, 1.807) is 26.6 Å². The van der Waals surface area contributed by atoms with Gasteiger partial charge in [-0.1, -0.05) is 6.07 Å². The van der Waals surface area contributed by atoms with Crippen molar-refractivity contribution in [2.75, 3.05) is 20.8 Å². The van der Waals surface area contributed by atoms with Crippen molar-refractivity contribution in [1.29, 1.82) is 0 Å². The van der Waals surface area contributed by atoms with Crippen molar-refractivity contribution in [2.45, 2.75) is 19.4 Å². The molecule has 30 heavy (non-hydrogen) atoms. The van der Waals surface area contributed by atoms with E-state index in [4.69, 9.17) is 19.6 Å². The molecule has 1 N–H and O–H groups in total. The van der Waals surface area contributed by atoms with E-state index in [0.29, 0.717) is 13.0 Å². The molecule has 0 atom stereocenters. The van der Waals surface area contributed by atoms with Crippen molar-refractivity contribution >= 4 is 11.0 Å². The van der Waals surface area contributed by atoms with Crippen LogP contribution in [0.2, 0.25) is 0 Å². The smallest absolute Gasteiger partial charge is 0.122 e. The predicted molar refractivity (Wildman–Crippen MR) is 115 cm³/mol. The Hall–Kier alpha value is -3.45. The Kier molecular flexibility index (Phi) is 5.90. The van der Waals surface area contributed by atoms with Gasteiger partial charge in [-0.05, 0) is 48.2 Å². The fourth-order valence-corrected chi connectivity index (χ4v) is 3.36. The van der Waals surface area contributed by atoms with Crippen LogP contribution in [0.15, 0.2) is 55.0 Å². The number of ether oxygens (including phenoxy) is 2. The molecule has 0 bridgehead atoms. The first-order valence-electron chi connectivity index (χ1n) is 9.80. The molecule has 154 valence electrons. The van der Waals surface area contributed by atoms with Crippen LogP contribution < -0.4 is 9.47 Å². The summed E-state index contributed by atoms with van der Waals surface area (Å²) >= 11 is 0. The topological polar surface area (TPSA) is 82.3 Å². The fraction of sp³-hybridized carbons (Fsp3) is 0.261. The number of nitrogens with zero attached hydrogens (tertiary/aromatic N) is 4. The molecule has 2 aromatic heterocycles. The van der Waals surface area contributed by atoms with Crippen molar-refractivity contribution in [3.8, 4) is 22.8 Å². The Labute approximate surface area is 174 Å². The minimum Gasteiger partial charge on any atom is -0.497 e. The third-order valence-electron chi connectivity index (χ3n) is 4.90. The highest BCUT2D eigenvalue weighted by molar-refractivity contribution is 5.77. The van der Waals surface area contributed by atoms with Gasteiger partial charge in [-0.25, -0.2) is 4.98 Å². The van der Waals surface area contributed by atoms with Gasteiger partial charge in [0.2, 0.25) is 0 Å². The van der Waals surface area contributed by atoms with Crippen LogP contribution in [0.4, 0.5) is 0 Å². The van der Waals surface area contributed by atoms with Crippen LogP contribution in [0.25, 0.3) is 22.3 Å². The molecule has 0 aliphatic heterocycles. The molecule has 0 radical (unpaired) electrons. The summed E-state index contributed by atoms with van der Waals surface area (Å²) in [5.41, 5.74) is 5.59. The molecule has 4 rings (SSSR count). The van der Waals surface area contributed by atoms with Crippen molar-refractivity contribution in [3.05, 3.63) is 66.1 Å². The number of aliphatic hydroxyl groups excluding tert-OH is 1. The number of aliphatic hydroxyl groups is 1. The lowest BCUT2D eigenvalue weighted by atomic mass is 10.0. The fourth-order valence-electron chi connectivity index (χ4n) is 3.36. The lowest BCUT2D eigenvalue weighted by Crippen LogP contribution is -1.99. The summed E-state index contributed by atoms with van der Waals surface area (Å²) in [5.74, 6) is 1.54. The molecule has 0 fully saturated rings. The first-order chi connectivity index (χ1) is 14.7. The number of hydrogen-bond donors (Lipinski definition) is 1. The van der Waals surface area contributed by atoms with Crippen molar-refractivity contribution in [3.63, 3.8) is 0 Å². The van der Waals surface area contributed by atoms with Crippen molar-refractivity contribution in [2.24, 2.45) is 0 Å². The highest BCUT2D eigenvalue weighted by atomic mass is 16.5. The number of rotatable bonds is 8. The zero-order valence-electron chi connectivity index (χ0n) is 17.1. The number of hydrogen-bond acceptors (Lipinski definition) is 6. The Balaban J connectivity index is 1.61. The van der Waals surface area contributed by atoms with E-state index in [-0.39, 0.29) is 6.61 Å². The molecule has 0 spiro atoms. The Morgan fingerprint density at radius 2 is 1.73 bits per heavy atom. The maximum atomic E-state index is 8.98. The van der Waals surface area contributed by atoms with Gasteiger partial charge in [0, 0.05) is 31.0 Å². The van der Waals surface area contributed by atoms with Gasteiger partial charge in [-0.3, -0.25) is 9.67 Å². The maximum Gasteiger partial charge on any atom is 0.122 e. The van der Waals surface area contributed by atoms with Gasteiger partial charge in [0.1, 0.15) is 11.5 Å². The van der Waals surface area contributed by atoms with E-state index in [0.717, 1.165) is 51.3 Å². The molecule has 2 heterocycles. The average molecular weight is 404 g/mol. The first-order valence-corrected chi connectivity index (χ1v) is 9.80. The zero-order valence-corrected chi connectivity index (χ0v) is 17.1. The van der Waals surface area contributed by atoms with Crippen LogP contribution in [0, 0.1) is 0 Å². The first kappa shape index (κ1) is 19.8. The van der Waals surface area contributed by atoms with Crippen molar-refractivity contribution in [1.82, 2.24) is 19.7 Å². The molecule has 0 unspecified atom stereocenters. The monoisotopic (exact) mass is 404 g/mol. The lowest BCUT2D eigenvalue weighted by molar-refractivity contribution is 0.277. The third-order valence-corrected chi connectivity index (χ3v) is 4.90. The van der Waals surface area contributed by atoms with Gasteiger partial charge in [0.25, 0.3) is 0 Å². The second-order valence-electron chi connectivity index (χ2n) is 7.05. The normalized spacial score (nSPS) is 11.0. The Morgan fingerprint density at radius 3 is 2.47 bits per heavy atom. The molecule has 2 aromatic carbocycles. The summed E-state index contributed by atoms with van der Waals surface area (Å²) < 4.78 is 12.6. The van der Waals surface area contributed by atoms with Crippen LogP contribution in [0.3, 0.4) is 0 Å². The van der Waals surface area contributed by atoms with E-state index >= 15 is 0 Å². The molecule has 0 aliphatic carbocycles. The third kappa shape index (κ3) is 4.41. The van der Waals surface area contributed by atoms with Crippen LogP contribution in [0.5, 0.6) is 11.5 Å². The number of aryl methyl sites for hydroxylation is 1. The maximum absolute atomic E-state index is 8.98. The molecule has 0 saturated carbocycles. The van der Waals surface area contributed by atoms with E-state index in [1.165, 1.54) is 0 Å². The van der Waals surface area contributed by atoms with E-state index < -0.39 is 0 Å². The summed E-state index contributed by atoms with van der Waals surface area (Å²) in [6.07, 6.45) is 6.87.